The summed E-state index contributed by atoms with van der Waals surface area (Å²) in [5.74, 6) is 1.83. The van der Waals surface area contributed by atoms with Crippen LogP contribution in [0.1, 0.15) is 37.5 Å². The molecule has 0 spiro atoms. The van der Waals surface area contributed by atoms with Crippen molar-refractivity contribution in [2.24, 2.45) is 11.7 Å². The van der Waals surface area contributed by atoms with Gasteiger partial charge >= 0.3 is 0 Å². The number of nitrogens with zero attached hydrogens (tertiary/aromatic N) is 2. The predicted molar refractivity (Wildman–Crippen MR) is 61.8 cm³/mol. The highest BCUT2D eigenvalue weighted by molar-refractivity contribution is 5.20. The van der Waals surface area contributed by atoms with Crippen molar-refractivity contribution in [1.29, 1.82) is 0 Å². The Morgan fingerprint density at radius 3 is 2.93 bits per heavy atom. The lowest BCUT2D eigenvalue weighted by molar-refractivity contribution is 0.461. The molecule has 1 unspecified atom stereocenters. The molecule has 0 bridgehead atoms. The second-order valence-electron chi connectivity index (χ2n) is 5.05. The van der Waals surface area contributed by atoms with Gasteiger partial charge in [-0.05, 0) is 25.7 Å². The Kier molecular flexibility index (Phi) is 2.83. The van der Waals surface area contributed by atoms with E-state index >= 15 is 0 Å². The van der Waals surface area contributed by atoms with Crippen LogP contribution in [-0.4, -0.2) is 15.6 Å². The van der Waals surface area contributed by atoms with Gasteiger partial charge < -0.3 is 10.3 Å². The number of imidazole rings is 1. The number of hydrogen-bond donors (Lipinski definition) is 1. The van der Waals surface area contributed by atoms with E-state index in [2.05, 4.69) is 30.3 Å². The van der Waals surface area contributed by atoms with Gasteiger partial charge in [0, 0.05) is 24.7 Å². The molecule has 0 aromatic carbocycles. The first-order valence-electron chi connectivity index (χ1n) is 5.88. The Morgan fingerprint density at radius 2 is 2.27 bits per heavy atom. The van der Waals surface area contributed by atoms with Crippen molar-refractivity contribution in [3.8, 4) is 0 Å². The van der Waals surface area contributed by atoms with Crippen LogP contribution in [0.25, 0.3) is 0 Å². The fourth-order valence-electron chi connectivity index (χ4n) is 2.39. The monoisotopic (exact) mass is 207 g/mol. The van der Waals surface area contributed by atoms with Crippen LogP contribution in [0.4, 0.5) is 0 Å². The molecule has 15 heavy (non-hydrogen) atoms. The van der Waals surface area contributed by atoms with Gasteiger partial charge in [0.1, 0.15) is 5.82 Å². The van der Waals surface area contributed by atoms with Crippen molar-refractivity contribution in [2.75, 3.05) is 0 Å². The van der Waals surface area contributed by atoms with Gasteiger partial charge in [-0.2, -0.15) is 0 Å². The number of rotatable bonds is 2. The molecule has 2 heterocycles. The molecule has 0 radical (unpaired) electrons. The fraction of sp³-hybridized carbons (Fsp3) is 0.750. The summed E-state index contributed by atoms with van der Waals surface area (Å²) in [5.41, 5.74) is 8.68. The number of hydrogen-bond acceptors (Lipinski definition) is 2. The van der Waals surface area contributed by atoms with Crippen LogP contribution in [0.5, 0.6) is 0 Å². The summed E-state index contributed by atoms with van der Waals surface area (Å²) in [7, 11) is 0. The molecule has 0 aliphatic carbocycles. The van der Waals surface area contributed by atoms with Crippen molar-refractivity contribution in [1.82, 2.24) is 9.55 Å². The molecule has 84 valence electrons. The van der Waals surface area contributed by atoms with Crippen LogP contribution < -0.4 is 5.73 Å². The third kappa shape index (κ3) is 2.07. The van der Waals surface area contributed by atoms with E-state index in [1.54, 1.807) is 0 Å². The normalized spacial score (nSPS) is 20.7. The van der Waals surface area contributed by atoms with Gasteiger partial charge in [-0.15, -0.1) is 0 Å². The maximum atomic E-state index is 6.02. The molecule has 3 nitrogen and oxygen atoms in total. The van der Waals surface area contributed by atoms with Crippen molar-refractivity contribution in [2.45, 2.75) is 52.6 Å². The van der Waals surface area contributed by atoms with Gasteiger partial charge in [-0.3, -0.25) is 0 Å². The predicted octanol–water partition coefficient (Wildman–Crippen LogP) is 1.66. The average Bonchev–Trinajstić information content (AvgIpc) is 2.42. The molecule has 1 aromatic heterocycles. The molecular formula is C12H21N3. The van der Waals surface area contributed by atoms with Gasteiger partial charge in [0.15, 0.2) is 0 Å². The Hall–Kier alpha value is -0.830. The average molecular weight is 207 g/mol. The molecule has 1 aromatic rings. The lowest BCUT2D eigenvalue weighted by atomic mass is 9.99. The van der Waals surface area contributed by atoms with E-state index in [-0.39, 0.29) is 0 Å². The van der Waals surface area contributed by atoms with Crippen LogP contribution in [0, 0.1) is 12.8 Å². The summed E-state index contributed by atoms with van der Waals surface area (Å²) in [5, 5.41) is 0. The van der Waals surface area contributed by atoms with E-state index in [1.165, 1.54) is 11.4 Å². The summed E-state index contributed by atoms with van der Waals surface area (Å²) in [6, 6.07) is 0.333. The van der Waals surface area contributed by atoms with Crippen LogP contribution in [0.2, 0.25) is 0 Å². The van der Waals surface area contributed by atoms with Gasteiger partial charge in [0.2, 0.25) is 0 Å². The van der Waals surface area contributed by atoms with Gasteiger partial charge in [0.05, 0.1) is 5.69 Å². The summed E-state index contributed by atoms with van der Waals surface area (Å²) >= 11 is 0. The summed E-state index contributed by atoms with van der Waals surface area (Å²) in [6.07, 6.45) is 3.17. The highest BCUT2D eigenvalue weighted by Crippen LogP contribution is 2.22. The first-order chi connectivity index (χ1) is 7.08. The molecule has 2 rings (SSSR count). The SMILES string of the molecule is Cc1nc(CC(C)C)c2n1CCC(N)C2. The quantitative estimate of drug-likeness (QED) is 0.801. The van der Waals surface area contributed by atoms with Crippen molar-refractivity contribution >= 4 is 0 Å². The van der Waals surface area contributed by atoms with Gasteiger partial charge in [0.25, 0.3) is 0 Å². The Morgan fingerprint density at radius 1 is 1.53 bits per heavy atom. The Balaban J connectivity index is 2.32. The third-order valence-electron chi connectivity index (χ3n) is 3.13. The lowest BCUT2D eigenvalue weighted by Gasteiger charge is -2.22. The third-order valence-corrected chi connectivity index (χ3v) is 3.13. The lowest BCUT2D eigenvalue weighted by Crippen LogP contribution is -2.31. The van der Waals surface area contributed by atoms with Crippen LogP contribution in [0.3, 0.4) is 0 Å². The molecule has 0 fully saturated rings. The van der Waals surface area contributed by atoms with Gasteiger partial charge in [-0.1, -0.05) is 13.8 Å². The highest BCUT2D eigenvalue weighted by Gasteiger charge is 2.22. The Bertz CT molecular complexity index is 352. The zero-order valence-corrected chi connectivity index (χ0v) is 9.95. The molecule has 1 atom stereocenters. The topological polar surface area (TPSA) is 43.8 Å². The van der Waals surface area contributed by atoms with Crippen molar-refractivity contribution in [3.05, 3.63) is 17.2 Å². The van der Waals surface area contributed by atoms with Crippen LogP contribution in [-0.2, 0) is 19.4 Å². The van der Waals surface area contributed by atoms with E-state index in [4.69, 9.17) is 5.73 Å². The molecule has 0 saturated carbocycles. The number of nitrogens with two attached hydrogens (primary N) is 1. The van der Waals surface area contributed by atoms with E-state index < -0.39 is 0 Å². The molecule has 0 saturated heterocycles. The molecule has 1 aliphatic heterocycles. The fourth-order valence-corrected chi connectivity index (χ4v) is 2.39. The zero-order valence-electron chi connectivity index (χ0n) is 9.95. The van der Waals surface area contributed by atoms with E-state index in [0.29, 0.717) is 12.0 Å². The molecule has 3 heteroatoms. The van der Waals surface area contributed by atoms with Crippen molar-refractivity contribution in [3.63, 3.8) is 0 Å². The minimum atomic E-state index is 0.333. The molecule has 1 aliphatic rings. The first kappa shape index (κ1) is 10.7. The zero-order chi connectivity index (χ0) is 11.0. The molecule has 2 N–H and O–H groups in total. The maximum absolute atomic E-state index is 6.02. The standard InChI is InChI=1S/C12H21N3/c1-8(2)6-11-12-7-10(13)4-5-15(12)9(3)14-11/h8,10H,4-7,13H2,1-3H3. The highest BCUT2D eigenvalue weighted by atomic mass is 15.1. The van der Waals surface area contributed by atoms with Gasteiger partial charge in [-0.25, -0.2) is 4.98 Å². The smallest absolute Gasteiger partial charge is 0.106 e. The van der Waals surface area contributed by atoms with E-state index in [1.807, 2.05) is 0 Å². The number of aryl methyl sites for hydroxylation is 1. The van der Waals surface area contributed by atoms with Crippen LogP contribution in [0.15, 0.2) is 0 Å². The van der Waals surface area contributed by atoms with E-state index in [9.17, 15) is 0 Å². The summed E-state index contributed by atoms with van der Waals surface area (Å²) in [6.45, 7) is 7.63. The largest absolute Gasteiger partial charge is 0.332 e. The minimum absolute atomic E-state index is 0.333. The molecule has 0 amide bonds. The van der Waals surface area contributed by atoms with E-state index in [0.717, 1.165) is 31.6 Å². The van der Waals surface area contributed by atoms with Crippen LogP contribution >= 0.6 is 0 Å². The number of fused-ring (bicyclic) bond motifs is 1. The minimum Gasteiger partial charge on any atom is -0.332 e. The second kappa shape index (κ2) is 3.97. The summed E-state index contributed by atoms with van der Waals surface area (Å²) < 4.78 is 2.35. The second-order valence-corrected chi connectivity index (χ2v) is 5.05. The number of aromatic nitrogens is 2. The van der Waals surface area contributed by atoms with Crippen molar-refractivity contribution < 1.29 is 0 Å². The Labute approximate surface area is 91.7 Å². The first-order valence-corrected chi connectivity index (χ1v) is 5.88. The maximum Gasteiger partial charge on any atom is 0.106 e. The summed E-state index contributed by atoms with van der Waals surface area (Å²) in [4.78, 5) is 4.67. The molecular weight excluding hydrogens is 186 g/mol.